The van der Waals surface area contributed by atoms with Crippen molar-refractivity contribution in [2.24, 2.45) is 0 Å². The number of nitrogens with zero attached hydrogens (tertiary/aromatic N) is 1. The van der Waals surface area contributed by atoms with E-state index in [1.807, 2.05) is 6.07 Å². The second-order valence-corrected chi connectivity index (χ2v) is 6.07. The number of fused-ring (bicyclic) bond motifs is 1. The molecule has 4 nitrogen and oxygen atoms in total. The number of H-pyrrole nitrogens is 1. The summed E-state index contributed by atoms with van der Waals surface area (Å²) in [7, 11) is 1.71. The first-order valence-electron chi connectivity index (χ1n) is 6.66. The summed E-state index contributed by atoms with van der Waals surface area (Å²) in [4.78, 5) is 8.03. The van der Waals surface area contributed by atoms with Crippen molar-refractivity contribution in [2.45, 2.75) is 39.2 Å². The summed E-state index contributed by atoms with van der Waals surface area (Å²) >= 11 is 0. The van der Waals surface area contributed by atoms with E-state index < -0.39 is 0 Å². The molecule has 1 aromatic heterocycles. The predicted octanol–water partition coefficient (Wildman–Crippen LogP) is 3.31. The molecule has 0 bridgehead atoms. The molecule has 0 radical (unpaired) electrons. The third kappa shape index (κ3) is 3.26. The molecule has 104 valence electrons. The fourth-order valence-electron chi connectivity index (χ4n) is 2.03. The Morgan fingerprint density at radius 3 is 2.74 bits per heavy atom. The van der Waals surface area contributed by atoms with Gasteiger partial charge in [-0.2, -0.15) is 0 Å². The van der Waals surface area contributed by atoms with Gasteiger partial charge in [0.05, 0.1) is 17.6 Å². The zero-order valence-corrected chi connectivity index (χ0v) is 12.4. The van der Waals surface area contributed by atoms with Crippen LogP contribution >= 0.6 is 0 Å². The Balaban J connectivity index is 2.25. The Morgan fingerprint density at radius 1 is 1.37 bits per heavy atom. The van der Waals surface area contributed by atoms with E-state index in [1.54, 1.807) is 7.11 Å². The molecule has 4 heteroatoms. The van der Waals surface area contributed by atoms with Crippen molar-refractivity contribution >= 4 is 16.7 Å². The highest BCUT2D eigenvalue weighted by Crippen LogP contribution is 2.24. The molecular formula is C15H23N3O. The second kappa shape index (κ2) is 5.21. The average molecular weight is 261 g/mol. The number of benzene rings is 1. The van der Waals surface area contributed by atoms with Crippen LogP contribution in [0.3, 0.4) is 0 Å². The van der Waals surface area contributed by atoms with Gasteiger partial charge in [-0.05, 0) is 25.1 Å². The van der Waals surface area contributed by atoms with Crippen LogP contribution in [-0.2, 0) is 10.2 Å². The van der Waals surface area contributed by atoms with Gasteiger partial charge in [0, 0.05) is 24.3 Å². The van der Waals surface area contributed by atoms with Gasteiger partial charge in [0.15, 0.2) is 0 Å². The molecule has 19 heavy (non-hydrogen) atoms. The van der Waals surface area contributed by atoms with Gasteiger partial charge in [-0.3, -0.25) is 0 Å². The summed E-state index contributed by atoms with van der Waals surface area (Å²) in [5.74, 6) is 1.02. The normalized spacial score (nSPS) is 13.7. The molecule has 1 aromatic carbocycles. The van der Waals surface area contributed by atoms with Gasteiger partial charge >= 0.3 is 0 Å². The number of ether oxygens (including phenoxy) is 1. The third-order valence-corrected chi connectivity index (χ3v) is 3.02. The fraction of sp³-hybridized carbons (Fsp3) is 0.533. The maximum absolute atomic E-state index is 5.13. The smallest absolute Gasteiger partial charge is 0.112 e. The second-order valence-electron chi connectivity index (χ2n) is 6.07. The number of rotatable bonds is 4. The lowest BCUT2D eigenvalue weighted by atomic mass is 9.96. The van der Waals surface area contributed by atoms with E-state index in [-0.39, 0.29) is 11.5 Å². The molecule has 0 spiro atoms. The maximum atomic E-state index is 5.13. The highest BCUT2D eigenvalue weighted by Gasteiger charge is 2.18. The largest absolute Gasteiger partial charge is 0.383 e. The number of aromatic amines is 1. The molecule has 1 atom stereocenters. The molecule has 2 aromatic rings. The lowest BCUT2D eigenvalue weighted by Gasteiger charge is -2.14. The topological polar surface area (TPSA) is 49.9 Å². The van der Waals surface area contributed by atoms with Crippen molar-refractivity contribution in [2.75, 3.05) is 19.0 Å². The van der Waals surface area contributed by atoms with Gasteiger partial charge in [0.1, 0.15) is 5.82 Å². The van der Waals surface area contributed by atoms with Crippen LogP contribution in [0, 0.1) is 0 Å². The summed E-state index contributed by atoms with van der Waals surface area (Å²) in [6.07, 6.45) is 0. The van der Waals surface area contributed by atoms with Gasteiger partial charge in [-0.15, -0.1) is 0 Å². The van der Waals surface area contributed by atoms with Crippen LogP contribution < -0.4 is 5.32 Å². The molecule has 0 fully saturated rings. The molecule has 0 amide bonds. The Kier molecular flexibility index (Phi) is 3.80. The van der Waals surface area contributed by atoms with Crippen molar-refractivity contribution in [3.63, 3.8) is 0 Å². The first-order valence-corrected chi connectivity index (χ1v) is 6.66. The lowest BCUT2D eigenvalue weighted by molar-refractivity contribution is 0.190. The van der Waals surface area contributed by atoms with E-state index >= 15 is 0 Å². The standard InChI is InChI=1S/C15H23N3O/c1-10(9-19-5)16-11-6-7-12-13(8-11)18-14(17-12)15(2,3)4/h6-8,10,16H,9H2,1-5H3,(H,17,18). The first-order chi connectivity index (χ1) is 8.90. The quantitative estimate of drug-likeness (QED) is 0.887. The highest BCUT2D eigenvalue weighted by atomic mass is 16.5. The summed E-state index contributed by atoms with van der Waals surface area (Å²) in [6, 6.07) is 6.49. The van der Waals surface area contributed by atoms with Crippen molar-refractivity contribution in [1.29, 1.82) is 0 Å². The van der Waals surface area contributed by atoms with Crippen molar-refractivity contribution in [1.82, 2.24) is 9.97 Å². The minimum atomic E-state index is 0.0377. The predicted molar refractivity (Wildman–Crippen MR) is 79.8 cm³/mol. The number of imidazole rings is 1. The molecule has 0 saturated carbocycles. The summed E-state index contributed by atoms with van der Waals surface area (Å²) in [6.45, 7) is 9.26. The molecular weight excluding hydrogens is 238 g/mol. The fourth-order valence-corrected chi connectivity index (χ4v) is 2.03. The van der Waals surface area contributed by atoms with Crippen LogP contribution in [0.2, 0.25) is 0 Å². The van der Waals surface area contributed by atoms with Crippen LogP contribution in [0.25, 0.3) is 11.0 Å². The zero-order valence-electron chi connectivity index (χ0n) is 12.4. The molecule has 0 saturated heterocycles. The monoisotopic (exact) mass is 261 g/mol. The summed E-state index contributed by atoms with van der Waals surface area (Å²) in [5, 5.41) is 3.41. The Morgan fingerprint density at radius 2 is 2.11 bits per heavy atom. The highest BCUT2D eigenvalue weighted by molar-refractivity contribution is 5.79. The Hall–Kier alpha value is -1.55. The number of hydrogen-bond donors (Lipinski definition) is 2. The SMILES string of the molecule is COCC(C)Nc1ccc2nc(C(C)(C)C)[nH]c2c1. The lowest BCUT2D eigenvalue weighted by Crippen LogP contribution is -2.20. The van der Waals surface area contributed by atoms with E-state index in [9.17, 15) is 0 Å². The van der Waals surface area contributed by atoms with Gasteiger partial charge in [0.2, 0.25) is 0 Å². The number of anilines is 1. The van der Waals surface area contributed by atoms with Crippen LogP contribution in [-0.4, -0.2) is 29.7 Å². The number of hydrogen-bond acceptors (Lipinski definition) is 3. The van der Waals surface area contributed by atoms with E-state index in [1.165, 1.54) is 0 Å². The molecule has 0 aliphatic carbocycles. The number of aromatic nitrogens is 2. The molecule has 2 rings (SSSR count). The third-order valence-electron chi connectivity index (χ3n) is 3.02. The van der Waals surface area contributed by atoms with Crippen molar-refractivity contribution in [3.8, 4) is 0 Å². The van der Waals surface area contributed by atoms with Gasteiger partial charge < -0.3 is 15.0 Å². The van der Waals surface area contributed by atoms with E-state index in [0.29, 0.717) is 6.61 Å². The average Bonchev–Trinajstić information content (AvgIpc) is 2.71. The van der Waals surface area contributed by atoms with Crippen LogP contribution in [0.5, 0.6) is 0 Å². The van der Waals surface area contributed by atoms with Crippen LogP contribution in [0.15, 0.2) is 18.2 Å². The van der Waals surface area contributed by atoms with E-state index in [2.05, 4.69) is 55.1 Å². The molecule has 1 unspecified atom stereocenters. The Bertz CT molecular complexity index is 554. The Labute approximate surface area is 114 Å². The first kappa shape index (κ1) is 13.9. The van der Waals surface area contributed by atoms with Gasteiger partial charge in [-0.25, -0.2) is 4.98 Å². The van der Waals surface area contributed by atoms with Gasteiger partial charge in [0.25, 0.3) is 0 Å². The molecule has 0 aliphatic rings. The summed E-state index contributed by atoms with van der Waals surface area (Å²) < 4.78 is 5.13. The van der Waals surface area contributed by atoms with E-state index in [4.69, 9.17) is 4.74 Å². The number of methoxy groups -OCH3 is 1. The number of nitrogens with one attached hydrogen (secondary N) is 2. The minimum Gasteiger partial charge on any atom is -0.383 e. The zero-order chi connectivity index (χ0) is 14.0. The van der Waals surface area contributed by atoms with Crippen LogP contribution in [0.4, 0.5) is 5.69 Å². The minimum absolute atomic E-state index is 0.0377. The van der Waals surface area contributed by atoms with Crippen molar-refractivity contribution in [3.05, 3.63) is 24.0 Å². The van der Waals surface area contributed by atoms with Gasteiger partial charge in [-0.1, -0.05) is 20.8 Å². The van der Waals surface area contributed by atoms with Crippen molar-refractivity contribution < 1.29 is 4.74 Å². The van der Waals surface area contributed by atoms with Crippen LogP contribution in [0.1, 0.15) is 33.5 Å². The molecule has 1 heterocycles. The maximum Gasteiger partial charge on any atom is 0.112 e. The van der Waals surface area contributed by atoms with E-state index in [0.717, 1.165) is 22.5 Å². The molecule has 0 aliphatic heterocycles. The molecule has 2 N–H and O–H groups in total. The summed E-state index contributed by atoms with van der Waals surface area (Å²) in [5.41, 5.74) is 3.20.